The maximum absolute atomic E-state index is 12.3. The molecule has 0 radical (unpaired) electrons. The number of aromatic nitrogens is 2. The van der Waals surface area contributed by atoms with Gasteiger partial charge < -0.3 is 9.88 Å². The van der Waals surface area contributed by atoms with E-state index in [0.29, 0.717) is 16.6 Å². The summed E-state index contributed by atoms with van der Waals surface area (Å²) in [7, 11) is 0. The van der Waals surface area contributed by atoms with Gasteiger partial charge in [-0.25, -0.2) is 4.98 Å². The molecule has 142 valence electrons. The van der Waals surface area contributed by atoms with Gasteiger partial charge in [0.15, 0.2) is 0 Å². The molecule has 0 bridgehead atoms. The Kier molecular flexibility index (Phi) is 6.08. The molecule has 0 aliphatic rings. The number of rotatable bonds is 6. The van der Waals surface area contributed by atoms with E-state index in [1.165, 1.54) is 0 Å². The molecular formula is C21H23Cl2N3O. The van der Waals surface area contributed by atoms with Crippen molar-refractivity contribution in [3.63, 3.8) is 0 Å². The molecule has 0 fully saturated rings. The predicted molar refractivity (Wildman–Crippen MR) is 111 cm³/mol. The Labute approximate surface area is 169 Å². The fraction of sp³-hybridized carbons (Fsp3) is 0.333. The van der Waals surface area contributed by atoms with Gasteiger partial charge in [0.05, 0.1) is 27.1 Å². The lowest BCUT2D eigenvalue weighted by atomic mass is 10.1. The van der Waals surface area contributed by atoms with Crippen molar-refractivity contribution in [1.82, 2.24) is 14.9 Å². The van der Waals surface area contributed by atoms with Gasteiger partial charge in [-0.15, -0.1) is 0 Å². The molecule has 4 nitrogen and oxygen atoms in total. The van der Waals surface area contributed by atoms with Crippen LogP contribution < -0.4 is 5.32 Å². The minimum absolute atomic E-state index is 0.0231. The molecule has 0 saturated heterocycles. The van der Waals surface area contributed by atoms with E-state index in [9.17, 15) is 4.79 Å². The molecule has 1 amide bonds. The minimum Gasteiger partial charge on any atom is -0.346 e. The number of hydrogen-bond donors (Lipinski definition) is 1. The molecule has 0 saturated carbocycles. The number of carbonyl (C=O) groups excluding carboxylic acids is 1. The number of nitrogens with zero attached hydrogens (tertiary/aromatic N) is 2. The summed E-state index contributed by atoms with van der Waals surface area (Å²) in [5.74, 6) is 0.792. The van der Waals surface area contributed by atoms with Crippen LogP contribution in [0, 0.1) is 5.92 Å². The highest BCUT2D eigenvalue weighted by molar-refractivity contribution is 6.42. The Morgan fingerprint density at radius 2 is 1.89 bits per heavy atom. The number of amides is 1. The highest BCUT2D eigenvalue weighted by Gasteiger charge is 2.22. The zero-order valence-corrected chi connectivity index (χ0v) is 17.2. The third-order valence-corrected chi connectivity index (χ3v) is 5.31. The van der Waals surface area contributed by atoms with Gasteiger partial charge in [0.25, 0.3) is 0 Å². The van der Waals surface area contributed by atoms with Crippen LogP contribution in [0.4, 0.5) is 0 Å². The topological polar surface area (TPSA) is 46.9 Å². The number of nitrogens with one attached hydrogen (secondary N) is 1. The van der Waals surface area contributed by atoms with E-state index in [4.69, 9.17) is 28.2 Å². The van der Waals surface area contributed by atoms with E-state index < -0.39 is 0 Å². The fourth-order valence-electron chi connectivity index (χ4n) is 3.03. The molecule has 1 aromatic heterocycles. The summed E-state index contributed by atoms with van der Waals surface area (Å²) in [6.07, 6.45) is 0.753. The SMILES string of the molecule is CCC(NC(=O)C(C)C)c1nc2ccccc2n1Cc1ccc(Cl)c(Cl)c1. The largest absolute Gasteiger partial charge is 0.346 e. The van der Waals surface area contributed by atoms with Crippen LogP contribution in [0.5, 0.6) is 0 Å². The summed E-state index contributed by atoms with van der Waals surface area (Å²) >= 11 is 12.2. The predicted octanol–water partition coefficient (Wildman–Crippen LogP) is 5.61. The zero-order chi connectivity index (χ0) is 19.6. The zero-order valence-electron chi connectivity index (χ0n) is 15.7. The highest BCUT2D eigenvalue weighted by atomic mass is 35.5. The van der Waals surface area contributed by atoms with Gasteiger partial charge >= 0.3 is 0 Å². The van der Waals surface area contributed by atoms with Crippen molar-refractivity contribution in [2.75, 3.05) is 0 Å². The first-order chi connectivity index (χ1) is 12.9. The van der Waals surface area contributed by atoms with Crippen LogP contribution in [0.1, 0.15) is 44.6 Å². The van der Waals surface area contributed by atoms with E-state index in [0.717, 1.165) is 28.8 Å². The first-order valence-corrected chi connectivity index (χ1v) is 9.85. The second kappa shape index (κ2) is 8.32. The van der Waals surface area contributed by atoms with E-state index in [1.807, 2.05) is 57.2 Å². The summed E-state index contributed by atoms with van der Waals surface area (Å²) < 4.78 is 2.14. The van der Waals surface area contributed by atoms with Crippen molar-refractivity contribution < 1.29 is 4.79 Å². The van der Waals surface area contributed by atoms with Crippen molar-refractivity contribution in [3.8, 4) is 0 Å². The summed E-state index contributed by atoms with van der Waals surface area (Å²) in [5, 5.41) is 4.18. The summed E-state index contributed by atoms with van der Waals surface area (Å²) in [4.78, 5) is 17.1. The maximum atomic E-state index is 12.3. The van der Waals surface area contributed by atoms with Crippen LogP contribution in [0.3, 0.4) is 0 Å². The summed E-state index contributed by atoms with van der Waals surface area (Å²) in [6, 6.07) is 13.5. The normalized spacial score (nSPS) is 12.5. The van der Waals surface area contributed by atoms with Gasteiger partial charge in [-0.3, -0.25) is 4.79 Å². The monoisotopic (exact) mass is 403 g/mol. The Hall–Kier alpha value is -2.04. The molecule has 3 rings (SSSR count). The average molecular weight is 404 g/mol. The van der Waals surface area contributed by atoms with Gasteiger partial charge in [-0.2, -0.15) is 0 Å². The van der Waals surface area contributed by atoms with E-state index in [1.54, 1.807) is 6.07 Å². The number of halogens is 2. The molecule has 0 spiro atoms. The number of benzene rings is 2. The summed E-state index contributed by atoms with van der Waals surface area (Å²) in [5.41, 5.74) is 2.96. The molecule has 2 aromatic carbocycles. The lowest BCUT2D eigenvalue weighted by Crippen LogP contribution is -2.33. The van der Waals surface area contributed by atoms with Gasteiger partial charge in [-0.1, -0.05) is 62.2 Å². The minimum atomic E-state index is -0.157. The van der Waals surface area contributed by atoms with Crippen molar-refractivity contribution in [1.29, 1.82) is 0 Å². The van der Waals surface area contributed by atoms with Crippen LogP contribution in [-0.2, 0) is 11.3 Å². The van der Waals surface area contributed by atoms with E-state index in [2.05, 4.69) is 9.88 Å². The van der Waals surface area contributed by atoms with Crippen molar-refractivity contribution >= 4 is 40.1 Å². The van der Waals surface area contributed by atoms with Crippen molar-refractivity contribution in [2.45, 2.75) is 39.8 Å². The molecule has 1 unspecified atom stereocenters. The Balaban J connectivity index is 2.05. The van der Waals surface area contributed by atoms with Gasteiger partial charge in [-0.05, 0) is 36.2 Å². The number of carbonyl (C=O) groups is 1. The second-order valence-corrected chi connectivity index (χ2v) is 7.73. The van der Waals surface area contributed by atoms with Crippen LogP contribution in [-0.4, -0.2) is 15.5 Å². The standard InChI is InChI=1S/C21H23Cl2N3O/c1-4-17(25-21(27)13(2)3)20-24-18-7-5-6-8-19(18)26(20)12-14-9-10-15(22)16(23)11-14/h5-11,13,17H,4,12H2,1-3H3,(H,25,27). The molecule has 0 aliphatic carbocycles. The van der Waals surface area contributed by atoms with Crippen molar-refractivity contribution in [3.05, 3.63) is 63.9 Å². The third kappa shape index (κ3) is 4.28. The molecule has 27 heavy (non-hydrogen) atoms. The second-order valence-electron chi connectivity index (χ2n) is 6.92. The highest BCUT2D eigenvalue weighted by Crippen LogP contribution is 2.27. The Morgan fingerprint density at radius 3 is 2.56 bits per heavy atom. The van der Waals surface area contributed by atoms with E-state index >= 15 is 0 Å². The average Bonchev–Trinajstić information content (AvgIpc) is 3.01. The molecule has 1 atom stereocenters. The maximum Gasteiger partial charge on any atom is 0.223 e. The lowest BCUT2D eigenvalue weighted by molar-refractivity contribution is -0.124. The Bertz CT molecular complexity index is 965. The molecular weight excluding hydrogens is 381 g/mol. The smallest absolute Gasteiger partial charge is 0.223 e. The lowest BCUT2D eigenvalue weighted by Gasteiger charge is -2.20. The molecule has 0 aliphatic heterocycles. The molecule has 6 heteroatoms. The van der Waals surface area contributed by atoms with E-state index in [-0.39, 0.29) is 17.9 Å². The number of para-hydroxylation sites is 2. The summed E-state index contributed by atoms with van der Waals surface area (Å²) in [6.45, 7) is 6.43. The molecule has 3 aromatic rings. The molecule has 1 N–H and O–H groups in total. The van der Waals surface area contributed by atoms with Crippen LogP contribution in [0.2, 0.25) is 10.0 Å². The van der Waals surface area contributed by atoms with Crippen LogP contribution in [0.15, 0.2) is 42.5 Å². The van der Waals surface area contributed by atoms with Crippen LogP contribution in [0.25, 0.3) is 11.0 Å². The van der Waals surface area contributed by atoms with Crippen molar-refractivity contribution in [2.24, 2.45) is 5.92 Å². The first-order valence-electron chi connectivity index (χ1n) is 9.10. The Morgan fingerprint density at radius 1 is 1.15 bits per heavy atom. The third-order valence-electron chi connectivity index (χ3n) is 4.57. The van der Waals surface area contributed by atoms with Crippen LogP contribution >= 0.6 is 23.2 Å². The molecule has 1 heterocycles. The fourth-order valence-corrected chi connectivity index (χ4v) is 3.36. The van der Waals surface area contributed by atoms with Gasteiger partial charge in [0.2, 0.25) is 5.91 Å². The number of hydrogen-bond acceptors (Lipinski definition) is 2. The first kappa shape index (κ1) is 19.7. The number of fused-ring (bicyclic) bond motifs is 1. The number of imidazole rings is 1. The van der Waals surface area contributed by atoms with Gasteiger partial charge in [0.1, 0.15) is 5.82 Å². The van der Waals surface area contributed by atoms with Gasteiger partial charge in [0, 0.05) is 12.5 Å². The quantitative estimate of drug-likeness (QED) is 0.580.